The van der Waals surface area contributed by atoms with Gasteiger partial charge in [-0.3, -0.25) is 9.59 Å². The summed E-state index contributed by atoms with van der Waals surface area (Å²) in [5, 5.41) is 0. The number of ether oxygens (including phenoxy) is 1. The highest BCUT2D eigenvalue weighted by Gasteiger charge is 2.32. The highest BCUT2D eigenvalue weighted by atomic mass is 16.5. The lowest BCUT2D eigenvalue weighted by molar-refractivity contribution is -0.143. The van der Waals surface area contributed by atoms with Crippen LogP contribution in [-0.4, -0.2) is 60.5 Å². The number of likely N-dealkylation sites (tertiary alicyclic amines) is 2. The fourth-order valence-electron chi connectivity index (χ4n) is 3.87. The van der Waals surface area contributed by atoms with Gasteiger partial charge in [0.25, 0.3) is 0 Å². The van der Waals surface area contributed by atoms with E-state index in [1.54, 1.807) is 6.92 Å². The van der Waals surface area contributed by atoms with Crippen molar-refractivity contribution >= 4 is 11.8 Å². The van der Waals surface area contributed by atoms with Crippen LogP contribution in [0, 0.1) is 5.92 Å². The van der Waals surface area contributed by atoms with Gasteiger partial charge >= 0.3 is 0 Å². The van der Waals surface area contributed by atoms with Crippen molar-refractivity contribution in [3.05, 3.63) is 35.9 Å². The molecule has 0 N–H and O–H groups in total. The smallest absolute Gasteiger partial charge is 0.248 e. The minimum Gasteiger partial charge on any atom is -0.368 e. The third kappa shape index (κ3) is 4.82. The molecule has 2 atom stereocenters. The number of amides is 2. The lowest BCUT2D eigenvalue weighted by Crippen LogP contribution is -2.47. The van der Waals surface area contributed by atoms with Crippen molar-refractivity contribution in [2.75, 3.05) is 32.8 Å². The fraction of sp³-hybridized carbons (Fsp3) is 0.600. The molecule has 5 heteroatoms. The number of carbonyl (C=O) groups is 2. The van der Waals surface area contributed by atoms with Crippen LogP contribution in [0.1, 0.15) is 31.7 Å². The SMILES string of the molecule is CC(=O)N1CC[C@H](OCC(=O)N2CCCC2)[C@H](Cc2ccccc2)C1. The van der Waals surface area contributed by atoms with Gasteiger partial charge in [-0.25, -0.2) is 0 Å². The lowest BCUT2D eigenvalue weighted by atomic mass is 9.88. The monoisotopic (exact) mass is 344 g/mol. The Balaban J connectivity index is 1.60. The fourth-order valence-corrected chi connectivity index (χ4v) is 3.87. The second-order valence-electron chi connectivity index (χ2n) is 7.14. The number of piperidine rings is 1. The van der Waals surface area contributed by atoms with Gasteiger partial charge in [0.15, 0.2) is 0 Å². The first-order chi connectivity index (χ1) is 12.1. The molecule has 2 saturated heterocycles. The molecule has 0 aromatic heterocycles. The maximum atomic E-state index is 12.3. The highest BCUT2D eigenvalue weighted by Crippen LogP contribution is 2.24. The van der Waals surface area contributed by atoms with Crippen molar-refractivity contribution in [3.63, 3.8) is 0 Å². The summed E-state index contributed by atoms with van der Waals surface area (Å²) in [7, 11) is 0. The lowest BCUT2D eigenvalue weighted by Gasteiger charge is -2.38. The average Bonchev–Trinajstić information content (AvgIpc) is 3.16. The van der Waals surface area contributed by atoms with Crippen LogP contribution in [0.5, 0.6) is 0 Å². The number of hydrogen-bond donors (Lipinski definition) is 0. The van der Waals surface area contributed by atoms with Gasteiger partial charge in [0, 0.05) is 39.0 Å². The van der Waals surface area contributed by atoms with Crippen LogP contribution in [0.25, 0.3) is 0 Å². The topological polar surface area (TPSA) is 49.9 Å². The molecule has 5 nitrogen and oxygen atoms in total. The molecule has 2 amide bonds. The molecule has 0 spiro atoms. The van der Waals surface area contributed by atoms with Gasteiger partial charge in [-0.05, 0) is 31.2 Å². The van der Waals surface area contributed by atoms with Gasteiger partial charge in [-0.1, -0.05) is 30.3 Å². The maximum absolute atomic E-state index is 12.3. The Hall–Kier alpha value is -1.88. The summed E-state index contributed by atoms with van der Waals surface area (Å²) < 4.78 is 6.04. The normalized spacial score (nSPS) is 23.7. The Morgan fingerprint density at radius 1 is 1.08 bits per heavy atom. The Labute approximate surface area is 149 Å². The Bertz CT molecular complexity index is 584. The van der Waals surface area contributed by atoms with E-state index in [0.717, 1.165) is 38.8 Å². The molecule has 2 heterocycles. The van der Waals surface area contributed by atoms with E-state index < -0.39 is 0 Å². The maximum Gasteiger partial charge on any atom is 0.248 e. The van der Waals surface area contributed by atoms with Crippen LogP contribution < -0.4 is 0 Å². The zero-order chi connectivity index (χ0) is 17.6. The van der Waals surface area contributed by atoms with Crippen LogP contribution in [0.15, 0.2) is 30.3 Å². The van der Waals surface area contributed by atoms with Crippen molar-refractivity contribution in [1.29, 1.82) is 0 Å². The molecule has 0 radical (unpaired) electrons. The number of hydrogen-bond acceptors (Lipinski definition) is 3. The Morgan fingerprint density at radius 3 is 2.48 bits per heavy atom. The number of rotatable bonds is 5. The van der Waals surface area contributed by atoms with Gasteiger partial charge in [0.1, 0.15) is 6.61 Å². The molecule has 3 rings (SSSR count). The highest BCUT2D eigenvalue weighted by molar-refractivity contribution is 5.77. The standard InChI is InChI=1S/C20H28N2O3/c1-16(23)22-12-9-19(25-15-20(24)21-10-5-6-11-21)18(14-22)13-17-7-3-2-4-8-17/h2-4,7-8,18-19H,5-6,9-15H2,1H3/t18-,19+/m1/s1. The summed E-state index contributed by atoms with van der Waals surface area (Å²) in [6.45, 7) is 4.92. The van der Waals surface area contributed by atoms with Crippen LogP contribution in [-0.2, 0) is 20.7 Å². The van der Waals surface area contributed by atoms with E-state index in [9.17, 15) is 9.59 Å². The summed E-state index contributed by atoms with van der Waals surface area (Å²) in [5.41, 5.74) is 1.25. The van der Waals surface area contributed by atoms with Gasteiger partial charge in [0.05, 0.1) is 6.10 Å². The molecule has 2 fully saturated rings. The van der Waals surface area contributed by atoms with E-state index >= 15 is 0 Å². The van der Waals surface area contributed by atoms with Crippen molar-refractivity contribution in [2.24, 2.45) is 5.92 Å². The second kappa shape index (κ2) is 8.48. The molecule has 0 bridgehead atoms. The van der Waals surface area contributed by atoms with E-state index in [1.807, 2.05) is 28.0 Å². The summed E-state index contributed by atoms with van der Waals surface area (Å²) in [5.74, 6) is 0.445. The first kappa shape index (κ1) is 17.9. The quantitative estimate of drug-likeness (QED) is 0.822. The van der Waals surface area contributed by atoms with Crippen molar-refractivity contribution in [1.82, 2.24) is 9.80 Å². The summed E-state index contributed by atoms with van der Waals surface area (Å²) in [6, 6.07) is 10.3. The molecular formula is C20H28N2O3. The number of carbonyl (C=O) groups excluding carboxylic acids is 2. The van der Waals surface area contributed by atoms with Crippen molar-refractivity contribution in [2.45, 2.75) is 38.7 Å². The Kier molecular flexibility index (Phi) is 6.08. The van der Waals surface area contributed by atoms with Crippen LogP contribution >= 0.6 is 0 Å². The molecule has 136 valence electrons. The molecule has 1 aromatic rings. The third-order valence-corrected chi connectivity index (χ3v) is 5.33. The minimum absolute atomic E-state index is 0.0300. The molecular weight excluding hydrogens is 316 g/mol. The second-order valence-corrected chi connectivity index (χ2v) is 7.14. The van der Waals surface area contributed by atoms with E-state index in [-0.39, 0.29) is 30.4 Å². The number of benzene rings is 1. The van der Waals surface area contributed by atoms with Crippen LogP contribution in [0.2, 0.25) is 0 Å². The zero-order valence-corrected chi connectivity index (χ0v) is 15.0. The van der Waals surface area contributed by atoms with Gasteiger partial charge in [-0.2, -0.15) is 0 Å². The van der Waals surface area contributed by atoms with E-state index in [2.05, 4.69) is 12.1 Å². The zero-order valence-electron chi connectivity index (χ0n) is 15.0. The van der Waals surface area contributed by atoms with Crippen molar-refractivity contribution in [3.8, 4) is 0 Å². The summed E-state index contributed by atoms with van der Waals surface area (Å²) >= 11 is 0. The molecule has 2 aliphatic heterocycles. The van der Waals surface area contributed by atoms with Gasteiger partial charge < -0.3 is 14.5 Å². The minimum atomic E-state index is 0.0300. The van der Waals surface area contributed by atoms with Crippen LogP contribution in [0.4, 0.5) is 0 Å². The van der Waals surface area contributed by atoms with E-state index in [1.165, 1.54) is 5.56 Å². The molecule has 25 heavy (non-hydrogen) atoms. The molecule has 0 saturated carbocycles. The summed E-state index contributed by atoms with van der Waals surface area (Å²) in [6.07, 6.45) is 3.89. The molecule has 0 aliphatic carbocycles. The first-order valence-electron chi connectivity index (χ1n) is 9.32. The van der Waals surface area contributed by atoms with Crippen LogP contribution in [0.3, 0.4) is 0 Å². The summed E-state index contributed by atoms with van der Waals surface area (Å²) in [4.78, 5) is 27.8. The largest absolute Gasteiger partial charge is 0.368 e. The van der Waals surface area contributed by atoms with E-state index in [0.29, 0.717) is 13.1 Å². The molecule has 1 aromatic carbocycles. The third-order valence-electron chi connectivity index (χ3n) is 5.33. The predicted octanol–water partition coefficient (Wildman–Crippen LogP) is 2.11. The van der Waals surface area contributed by atoms with Gasteiger partial charge in [-0.15, -0.1) is 0 Å². The first-order valence-corrected chi connectivity index (χ1v) is 9.32. The predicted molar refractivity (Wildman–Crippen MR) is 96.1 cm³/mol. The van der Waals surface area contributed by atoms with Gasteiger partial charge in [0.2, 0.25) is 11.8 Å². The Morgan fingerprint density at radius 2 is 1.80 bits per heavy atom. The van der Waals surface area contributed by atoms with Crippen molar-refractivity contribution < 1.29 is 14.3 Å². The average molecular weight is 344 g/mol. The molecule has 2 aliphatic rings. The molecule has 0 unspecified atom stereocenters. The van der Waals surface area contributed by atoms with E-state index in [4.69, 9.17) is 4.74 Å². The number of nitrogens with zero attached hydrogens (tertiary/aromatic N) is 2.